The summed E-state index contributed by atoms with van der Waals surface area (Å²) in [5.41, 5.74) is 1.01. The number of aliphatic hydroxyl groups is 1. The number of phenols is 1. The van der Waals surface area contributed by atoms with Crippen LogP contribution in [0.1, 0.15) is 22.3 Å². The summed E-state index contributed by atoms with van der Waals surface area (Å²) in [6.07, 6.45) is -0.560. The van der Waals surface area contributed by atoms with Crippen LogP contribution in [-0.4, -0.2) is 52.8 Å². The van der Waals surface area contributed by atoms with E-state index in [1.54, 1.807) is 6.92 Å². The minimum absolute atomic E-state index is 0.0741. The van der Waals surface area contributed by atoms with Crippen molar-refractivity contribution in [2.75, 3.05) is 13.7 Å². The van der Waals surface area contributed by atoms with Gasteiger partial charge in [0.25, 0.3) is 5.91 Å². The molecular formula is C14H17NO5. The third-order valence-corrected chi connectivity index (χ3v) is 3.45. The summed E-state index contributed by atoms with van der Waals surface area (Å²) in [5, 5.41) is 19.0. The van der Waals surface area contributed by atoms with Crippen molar-refractivity contribution in [1.29, 1.82) is 0 Å². The van der Waals surface area contributed by atoms with Gasteiger partial charge in [0, 0.05) is 18.5 Å². The van der Waals surface area contributed by atoms with Gasteiger partial charge in [0.15, 0.2) is 0 Å². The van der Waals surface area contributed by atoms with Gasteiger partial charge in [-0.05, 0) is 30.7 Å². The standard InChI is InChI=1S/C14H17NO5/c1-8-5-9(16)3-4-11(8)13(18)15-7-10(17)6-12(15)14(19)20-2/h3-5,10,12,16-17H,6-7H2,1-2H3. The van der Waals surface area contributed by atoms with Crippen molar-refractivity contribution < 1.29 is 24.5 Å². The highest BCUT2D eigenvalue weighted by atomic mass is 16.5. The fraction of sp³-hybridized carbons (Fsp3) is 0.429. The molecule has 0 aliphatic carbocycles. The Hall–Kier alpha value is -2.08. The van der Waals surface area contributed by atoms with Gasteiger partial charge in [-0.3, -0.25) is 4.79 Å². The Balaban J connectivity index is 2.29. The average molecular weight is 279 g/mol. The Morgan fingerprint density at radius 3 is 2.70 bits per heavy atom. The van der Waals surface area contributed by atoms with E-state index in [4.69, 9.17) is 0 Å². The summed E-state index contributed by atoms with van der Waals surface area (Å²) in [4.78, 5) is 25.5. The molecule has 0 spiro atoms. The lowest BCUT2D eigenvalue weighted by atomic mass is 10.1. The number of nitrogens with zero attached hydrogens (tertiary/aromatic N) is 1. The number of hydrogen-bond donors (Lipinski definition) is 2. The second-order valence-electron chi connectivity index (χ2n) is 4.89. The number of amides is 1. The van der Waals surface area contributed by atoms with Crippen LogP contribution in [0.25, 0.3) is 0 Å². The molecule has 1 heterocycles. The zero-order chi connectivity index (χ0) is 14.9. The summed E-state index contributed by atoms with van der Waals surface area (Å²) < 4.78 is 4.66. The molecule has 2 atom stereocenters. The highest BCUT2D eigenvalue weighted by molar-refractivity contribution is 5.98. The van der Waals surface area contributed by atoms with E-state index in [-0.39, 0.29) is 24.6 Å². The molecule has 6 heteroatoms. The molecule has 2 rings (SSSR count). The van der Waals surface area contributed by atoms with Crippen molar-refractivity contribution >= 4 is 11.9 Å². The quantitative estimate of drug-likeness (QED) is 0.767. The van der Waals surface area contributed by atoms with Crippen LogP contribution in [0.15, 0.2) is 18.2 Å². The third kappa shape index (κ3) is 2.60. The van der Waals surface area contributed by atoms with E-state index in [2.05, 4.69) is 4.74 Å². The first-order chi connectivity index (χ1) is 9.43. The lowest BCUT2D eigenvalue weighted by Gasteiger charge is -2.23. The van der Waals surface area contributed by atoms with E-state index < -0.39 is 18.1 Å². The lowest BCUT2D eigenvalue weighted by molar-refractivity contribution is -0.145. The van der Waals surface area contributed by atoms with Gasteiger partial charge in [-0.15, -0.1) is 0 Å². The van der Waals surface area contributed by atoms with E-state index in [1.807, 2.05) is 0 Å². The summed E-state index contributed by atoms with van der Waals surface area (Å²) in [7, 11) is 1.25. The van der Waals surface area contributed by atoms with Crippen LogP contribution in [0, 0.1) is 6.92 Å². The molecule has 1 aromatic carbocycles. The maximum absolute atomic E-state index is 12.5. The molecule has 0 radical (unpaired) electrons. The maximum Gasteiger partial charge on any atom is 0.328 e. The SMILES string of the molecule is COC(=O)C1CC(O)CN1C(=O)c1ccc(O)cc1C. The molecule has 1 aliphatic heterocycles. The Morgan fingerprint density at radius 2 is 2.10 bits per heavy atom. The number of carbonyl (C=O) groups is 2. The van der Waals surface area contributed by atoms with Crippen molar-refractivity contribution in [3.8, 4) is 5.75 Å². The molecule has 1 saturated heterocycles. The number of ether oxygens (including phenoxy) is 1. The van der Waals surface area contributed by atoms with E-state index in [1.165, 1.54) is 30.2 Å². The van der Waals surface area contributed by atoms with Gasteiger partial charge < -0.3 is 19.8 Å². The Morgan fingerprint density at radius 1 is 1.40 bits per heavy atom. The van der Waals surface area contributed by atoms with Crippen LogP contribution in [0.2, 0.25) is 0 Å². The van der Waals surface area contributed by atoms with Crippen molar-refractivity contribution in [3.05, 3.63) is 29.3 Å². The predicted molar refractivity (Wildman–Crippen MR) is 70.3 cm³/mol. The van der Waals surface area contributed by atoms with Crippen LogP contribution < -0.4 is 0 Å². The highest BCUT2D eigenvalue weighted by Gasteiger charge is 2.40. The summed E-state index contributed by atoms with van der Waals surface area (Å²) >= 11 is 0. The van der Waals surface area contributed by atoms with E-state index >= 15 is 0 Å². The first kappa shape index (κ1) is 14.3. The zero-order valence-electron chi connectivity index (χ0n) is 11.4. The molecule has 1 amide bonds. The minimum Gasteiger partial charge on any atom is -0.508 e. The van der Waals surface area contributed by atoms with E-state index in [9.17, 15) is 19.8 Å². The van der Waals surface area contributed by atoms with Gasteiger partial charge >= 0.3 is 5.97 Å². The molecule has 1 aromatic rings. The van der Waals surface area contributed by atoms with Gasteiger partial charge in [-0.2, -0.15) is 0 Å². The normalized spacial score (nSPS) is 21.9. The molecule has 0 aromatic heterocycles. The first-order valence-corrected chi connectivity index (χ1v) is 6.30. The topological polar surface area (TPSA) is 87.1 Å². The summed E-state index contributed by atoms with van der Waals surface area (Å²) in [6, 6.07) is 3.63. The van der Waals surface area contributed by atoms with Gasteiger partial charge in [-0.25, -0.2) is 4.79 Å². The number of β-amino-alcohol motifs (C(OH)–C–C–N with tert-alkyl or cyclic N) is 1. The van der Waals surface area contributed by atoms with Crippen LogP contribution in [-0.2, 0) is 9.53 Å². The van der Waals surface area contributed by atoms with E-state index in [0.29, 0.717) is 11.1 Å². The second-order valence-corrected chi connectivity index (χ2v) is 4.89. The molecule has 6 nitrogen and oxygen atoms in total. The molecule has 1 aliphatic rings. The number of carbonyl (C=O) groups excluding carboxylic acids is 2. The fourth-order valence-electron chi connectivity index (χ4n) is 2.44. The average Bonchev–Trinajstić information content (AvgIpc) is 2.79. The summed E-state index contributed by atoms with van der Waals surface area (Å²) in [5.74, 6) is -0.814. The molecule has 1 fully saturated rings. The molecular weight excluding hydrogens is 262 g/mol. The van der Waals surface area contributed by atoms with Crippen LogP contribution in [0.3, 0.4) is 0 Å². The molecule has 108 valence electrons. The van der Waals surface area contributed by atoms with Crippen LogP contribution in [0.4, 0.5) is 0 Å². The number of hydrogen-bond acceptors (Lipinski definition) is 5. The van der Waals surface area contributed by atoms with Crippen molar-refractivity contribution in [3.63, 3.8) is 0 Å². The van der Waals surface area contributed by atoms with Crippen LogP contribution in [0.5, 0.6) is 5.75 Å². The van der Waals surface area contributed by atoms with Crippen molar-refractivity contribution in [2.24, 2.45) is 0 Å². The van der Waals surface area contributed by atoms with Crippen molar-refractivity contribution in [1.82, 2.24) is 4.90 Å². The number of rotatable bonds is 2. The number of aryl methyl sites for hydroxylation is 1. The van der Waals surface area contributed by atoms with Crippen molar-refractivity contribution in [2.45, 2.75) is 25.5 Å². The number of aromatic hydroxyl groups is 1. The largest absolute Gasteiger partial charge is 0.508 e. The third-order valence-electron chi connectivity index (χ3n) is 3.45. The van der Waals surface area contributed by atoms with E-state index in [0.717, 1.165) is 0 Å². The summed E-state index contributed by atoms with van der Waals surface area (Å²) in [6.45, 7) is 1.80. The maximum atomic E-state index is 12.5. The lowest BCUT2D eigenvalue weighted by Crippen LogP contribution is -2.41. The van der Waals surface area contributed by atoms with Gasteiger partial charge in [0.1, 0.15) is 11.8 Å². The second kappa shape index (κ2) is 5.50. The molecule has 0 bridgehead atoms. The minimum atomic E-state index is -0.768. The number of methoxy groups -OCH3 is 1. The highest BCUT2D eigenvalue weighted by Crippen LogP contribution is 2.24. The Kier molecular flexibility index (Phi) is 3.94. The Labute approximate surface area is 116 Å². The monoisotopic (exact) mass is 279 g/mol. The van der Waals surface area contributed by atoms with Gasteiger partial charge in [0.05, 0.1) is 13.2 Å². The van der Waals surface area contributed by atoms with Crippen LogP contribution >= 0.6 is 0 Å². The Bertz CT molecular complexity index is 542. The number of benzene rings is 1. The first-order valence-electron chi connectivity index (χ1n) is 6.30. The number of esters is 1. The molecule has 2 unspecified atom stereocenters. The smallest absolute Gasteiger partial charge is 0.328 e. The predicted octanol–water partition coefficient (Wildman–Crippen LogP) is 0.449. The molecule has 2 N–H and O–H groups in total. The zero-order valence-corrected chi connectivity index (χ0v) is 11.4. The van der Waals surface area contributed by atoms with Gasteiger partial charge in [0.2, 0.25) is 0 Å². The molecule has 20 heavy (non-hydrogen) atoms. The number of phenolic OH excluding ortho intramolecular Hbond substituents is 1. The van der Waals surface area contributed by atoms with Gasteiger partial charge in [-0.1, -0.05) is 0 Å². The fourth-order valence-corrected chi connectivity index (χ4v) is 2.44. The number of aliphatic hydroxyl groups excluding tert-OH is 1. The molecule has 0 saturated carbocycles. The number of likely N-dealkylation sites (tertiary alicyclic amines) is 1.